The number of hydrogen-bond acceptors (Lipinski definition) is 5. The third-order valence-electron chi connectivity index (χ3n) is 4.34. The summed E-state index contributed by atoms with van der Waals surface area (Å²) in [6.07, 6.45) is 0. The number of ether oxygens (including phenoxy) is 2. The highest BCUT2D eigenvalue weighted by atomic mass is 16.5. The number of carbonyl (C=O) groups excluding carboxylic acids is 3. The standard InChI is InChI=1S/C20H20N2O5/c1-21-17(23)11-22(2)18(24)12-26-20(25)19-13-7-3-5-9-15(13)27-16-10-6-4-8-14(16)19/h3-10,19H,11-12H2,1-2H3,(H,21,23). The first-order valence-electron chi connectivity index (χ1n) is 8.48. The lowest BCUT2D eigenvalue weighted by molar-refractivity contribution is -0.152. The molecule has 1 heterocycles. The number of hydrogen-bond donors (Lipinski definition) is 1. The highest BCUT2D eigenvalue weighted by Crippen LogP contribution is 2.44. The number of likely N-dealkylation sites (N-methyl/N-ethyl adjacent to an activating group) is 2. The van der Waals surface area contributed by atoms with Gasteiger partial charge < -0.3 is 19.7 Å². The van der Waals surface area contributed by atoms with Crippen molar-refractivity contribution in [1.29, 1.82) is 0 Å². The number of fused-ring (bicyclic) bond motifs is 2. The van der Waals surface area contributed by atoms with Crippen LogP contribution in [0.4, 0.5) is 0 Å². The molecule has 0 saturated carbocycles. The number of rotatable bonds is 5. The molecule has 27 heavy (non-hydrogen) atoms. The average Bonchev–Trinajstić information content (AvgIpc) is 2.69. The first-order valence-corrected chi connectivity index (χ1v) is 8.48. The molecular formula is C20H20N2O5. The number of nitrogens with zero attached hydrogens (tertiary/aromatic N) is 1. The van der Waals surface area contributed by atoms with Gasteiger partial charge in [0, 0.05) is 25.2 Å². The Hall–Kier alpha value is -3.35. The lowest BCUT2D eigenvalue weighted by Crippen LogP contribution is -2.39. The third kappa shape index (κ3) is 3.92. The third-order valence-corrected chi connectivity index (χ3v) is 4.34. The van der Waals surface area contributed by atoms with Crippen LogP contribution in [0.1, 0.15) is 17.0 Å². The molecule has 7 heteroatoms. The molecule has 3 rings (SSSR count). The van der Waals surface area contributed by atoms with Gasteiger partial charge in [-0.3, -0.25) is 14.4 Å². The van der Waals surface area contributed by atoms with E-state index in [1.165, 1.54) is 19.0 Å². The molecule has 140 valence electrons. The highest BCUT2D eigenvalue weighted by molar-refractivity contribution is 5.89. The monoisotopic (exact) mass is 368 g/mol. The second-order valence-electron chi connectivity index (χ2n) is 6.14. The molecule has 7 nitrogen and oxygen atoms in total. The van der Waals surface area contributed by atoms with Gasteiger partial charge in [0.15, 0.2) is 6.61 Å². The van der Waals surface area contributed by atoms with Gasteiger partial charge in [-0.25, -0.2) is 0 Å². The number of esters is 1. The van der Waals surface area contributed by atoms with Crippen molar-refractivity contribution in [3.8, 4) is 11.5 Å². The minimum absolute atomic E-state index is 0.101. The summed E-state index contributed by atoms with van der Waals surface area (Å²) in [5, 5.41) is 2.43. The Morgan fingerprint density at radius 2 is 1.59 bits per heavy atom. The van der Waals surface area contributed by atoms with Crippen molar-refractivity contribution in [2.45, 2.75) is 5.92 Å². The van der Waals surface area contributed by atoms with Crippen LogP contribution in [0.3, 0.4) is 0 Å². The van der Waals surface area contributed by atoms with Crippen LogP contribution in [0.2, 0.25) is 0 Å². The molecule has 1 aliphatic heterocycles. The van der Waals surface area contributed by atoms with Gasteiger partial charge in [-0.15, -0.1) is 0 Å². The van der Waals surface area contributed by atoms with Crippen molar-refractivity contribution in [2.75, 3.05) is 27.2 Å². The molecule has 0 unspecified atom stereocenters. The summed E-state index contributed by atoms with van der Waals surface area (Å²) in [4.78, 5) is 37.5. The Kier molecular flexibility index (Phi) is 5.40. The van der Waals surface area contributed by atoms with Crippen LogP contribution in [0.15, 0.2) is 48.5 Å². The Balaban J connectivity index is 1.75. The molecule has 1 aliphatic rings. The second kappa shape index (κ2) is 7.90. The van der Waals surface area contributed by atoms with E-state index in [0.717, 1.165) is 0 Å². The summed E-state index contributed by atoms with van der Waals surface area (Å²) in [6, 6.07) is 14.5. The average molecular weight is 368 g/mol. The minimum Gasteiger partial charge on any atom is -0.457 e. The molecule has 0 spiro atoms. The predicted octanol–water partition coefficient (Wildman–Crippen LogP) is 1.67. The van der Waals surface area contributed by atoms with Crippen molar-refractivity contribution in [3.63, 3.8) is 0 Å². The molecule has 2 aromatic carbocycles. The van der Waals surface area contributed by atoms with Crippen LogP contribution in [-0.4, -0.2) is 49.9 Å². The molecule has 2 aromatic rings. The zero-order valence-corrected chi connectivity index (χ0v) is 15.1. The van der Waals surface area contributed by atoms with Crippen LogP contribution in [0.5, 0.6) is 11.5 Å². The van der Waals surface area contributed by atoms with Crippen molar-refractivity contribution in [3.05, 3.63) is 59.7 Å². The molecular weight excluding hydrogens is 348 g/mol. The van der Waals surface area contributed by atoms with Crippen molar-refractivity contribution in [1.82, 2.24) is 10.2 Å². The fourth-order valence-electron chi connectivity index (χ4n) is 2.87. The molecule has 0 fully saturated rings. The van der Waals surface area contributed by atoms with Gasteiger partial charge in [0.2, 0.25) is 5.91 Å². The van der Waals surface area contributed by atoms with E-state index in [4.69, 9.17) is 9.47 Å². The van der Waals surface area contributed by atoms with Crippen molar-refractivity contribution < 1.29 is 23.9 Å². The Morgan fingerprint density at radius 3 is 2.15 bits per heavy atom. The maximum Gasteiger partial charge on any atom is 0.318 e. The number of benzene rings is 2. The van der Waals surface area contributed by atoms with E-state index in [1.807, 2.05) is 24.3 Å². The van der Waals surface area contributed by atoms with E-state index in [1.54, 1.807) is 24.3 Å². The molecule has 0 atom stereocenters. The molecule has 0 radical (unpaired) electrons. The summed E-state index contributed by atoms with van der Waals surface area (Å²) < 4.78 is 11.1. The summed E-state index contributed by atoms with van der Waals surface area (Å²) in [5.41, 5.74) is 1.37. The summed E-state index contributed by atoms with van der Waals surface area (Å²) >= 11 is 0. The Bertz CT molecular complexity index is 835. The fourth-order valence-corrected chi connectivity index (χ4v) is 2.87. The number of carbonyl (C=O) groups is 3. The Morgan fingerprint density at radius 1 is 1.04 bits per heavy atom. The number of para-hydroxylation sites is 2. The van der Waals surface area contributed by atoms with Crippen molar-refractivity contribution >= 4 is 17.8 Å². The van der Waals surface area contributed by atoms with Crippen LogP contribution in [-0.2, 0) is 19.1 Å². The molecule has 2 amide bonds. The van der Waals surface area contributed by atoms with Gasteiger partial charge in [0.05, 0.1) is 6.54 Å². The molecule has 0 bridgehead atoms. The summed E-state index contributed by atoms with van der Waals surface area (Å²) in [6.45, 7) is -0.538. The topological polar surface area (TPSA) is 84.9 Å². The van der Waals surface area contributed by atoms with Crippen LogP contribution >= 0.6 is 0 Å². The number of amides is 2. The van der Waals surface area contributed by atoms with Gasteiger partial charge in [-0.2, -0.15) is 0 Å². The van der Waals surface area contributed by atoms with Crippen LogP contribution in [0.25, 0.3) is 0 Å². The second-order valence-corrected chi connectivity index (χ2v) is 6.14. The smallest absolute Gasteiger partial charge is 0.318 e. The first kappa shape index (κ1) is 18.4. The largest absolute Gasteiger partial charge is 0.457 e. The van der Waals surface area contributed by atoms with Gasteiger partial charge in [-0.1, -0.05) is 36.4 Å². The summed E-state index contributed by atoms with van der Waals surface area (Å²) in [5.74, 6) is -0.810. The van der Waals surface area contributed by atoms with E-state index in [0.29, 0.717) is 22.6 Å². The SMILES string of the molecule is CNC(=O)CN(C)C(=O)COC(=O)C1c2ccccc2Oc2ccccc21. The predicted molar refractivity (Wildman–Crippen MR) is 97.5 cm³/mol. The molecule has 1 N–H and O–H groups in total. The van der Waals surface area contributed by atoms with Crippen LogP contribution < -0.4 is 10.1 Å². The zero-order chi connectivity index (χ0) is 19.4. The van der Waals surface area contributed by atoms with E-state index in [9.17, 15) is 14.4 Å². The Labute approximate surface area is 156 Å². The molecule has 0 aliphatic carbocycles. The van der Waals surface area contributed by atoms with E-state index >= 15 is 0 Å². The number of nitrogens with one attached hydrogen (secondary N) is 1. The maximum atomic E-state index is 12.8. The van der Waals surface area contributed by atoms with E-state index < -0.39 is 24.4 Å². The molecule has 0 aromatic heterocycles. The summed E-state index contributed by atoms with van der Waals surface area (Å²) in [7, 11) is 2.96. The van der Waals surface area contributed by atoms with E-state index in [2.05, 4.69) is 5.32 Å². The lowest BCUT2D eigenvalue weighted by atomic mass is 9.88. The van der Waals surface area contributed by atoms with Crippen molar-refractivity contribution in [2.24, 2.45) is 0 Å². The van der Waals surface area contributed by atoms with Gasteiger partial charge in [-0.05, 0) is 12.1 Å². The lowest BCUT2D eigenvalue weighted by Gasteiger charge is -2.27. The normalized spacial score (nSPS) is 12.2. The van der Waals surface area contributed by atoms with Crippen LogP contribution in [0, 0.1) is 0 Å². The van der Waals surface area contributed by atoms with Gasteiger partial charge in [0.1, 0.15) is 17.4 Å². The van der Waals surface area contributed by atoms with Gasteiger partial charge >= 0.3 is 5.97 Å². The molecule has 0 saturated heterocycles. The maximum absolute atomic E-state index is 12.8. The minimum atomic E-state index is -0.678. The fraction of sp³-hybridized carbons (Fsp3) is 0.250. The van der Waals surface area contributed by atoms with Gasteiger partial charge in [0.25, 0.3) is 5.91 Å². The zero-order valence-electron chi connectivity index (χ0n) is 15.1. The quantitative estimate of drug-likeness (QED) is 0.812. The highest BCUT2D eigenvalue weighted by Gasteiger charge is 2.34. The first-order chi connectivity index (χ1) is 13.0. The van der Waals surface area contributed by atoms with E-state index in [-0.39, 0.29) is 12.5 Å².